The van der Waals surface area contributed by atoms with Crippen molar-refractivity contribution in [3.05, 3.63) is 52.6 Å². The van der Waals surface area contributed by atoms with E-state index in [-0.39, 0.29) is 132 Å². The molecule has 4 saturated heterocycles. The summed E-state index contributed by atoms with van der Waals surface area (Å²) >= 11 is 0. The molecule has 1 aliphatic carbocycles. The van der Waals surface area contributed by atoms with Crippen molar-refractivity contribution in [3.8, 4) is 17.2 Å². The fourth-order valence-corrected chi connectivity index (χ4v) is 10.5. The Morgan fingerprint density at radius 2 is 1.62 bits per heavy atom. The number of amides is 6. The van der Waals surface area contributed by atoms with E-state index in [0.29, 0.717) is 71.9 Å². The summed E-state index contributed by atoms with van der Waals surface area (Å²) in [4.78, 5) is 95.5. The average Bonchev–Trinajstić information content (AvgIpc) is 2.35. The molecule has 3 aromatic carbocycles. The number of phenols is 1. The molecule has 6 unspecified atom stereocenters. The van der Waals surface area contributed by atoms with Crippen LogP contribution in [0, 0.1) is 6.92 Å². The normalized spacial score (nSPS) is 23.9. The van der Waals surface area contributed by atoms with E-state index in [1.165, 1.54) is 21.1 Å². The first-order valence-electron chi connectivity index (χ1n) is 25.8. The molecule has 1 spiro atoms. The Morgan fingerprint density at radius 3 is 2.27 bits per heavy atom. The number of alkyl carbamates (subject to hydrolysis) is 1. The van der Waals surface area contributed by atoms with Crippen molar-refractivity contribution in [2.24, 2.45) is 0 Å². The predicted octanol–water partition coefficient (Wildman–Crippen LogP) is 1.39. The van der Waals surface area contributed by atoms with Gasteiger partial charge in [-0.25, -0.2) is 14.7 Å². The van der Waals surface area contributed by atoms with Gasteiger partial charge >= 0.3 is 6.09 Å². The van der Waals surface area contributed by atoms with Crippen LogP contribution in [0.5, 0.6) is 17.2 Å². The molecule has 3 aromatic rings. The summed E-state index contributed by atoms with van der Waals surface area (Å²) in [7, 11) is 8.57. The molecule has 4 fully saturated rings. The molecule has 418 valence electrons. The number of Topliss-reactive ketones (excluding diaryl/α,β-unsaturated/α-hetero) is 1. The maximum Gasteiger partial charge on any atom is 0.407 e. The third-order valence-corrected chi connectivity index (χ3v) is 14.4. The van der Waals surface area contributed by atoms with Crippen molar-refractivity contribution in [1.82, 2.24) is 20.9 Å². The lowest BCUT2D eigenvalue weighted by Crippen LogP contribution is -2.63. The molecule has 5 N–H and O–H groups in total. The zero-order valence-corrected chi connectivity index (χ0v) is 43.8. The molecule has 6 atom stereocenters. The maximum absolute atomic E-state index is 13.3. The fourth-order valence-electron chi connectivity index (χ4n) is 10.5. The highest BCUT2D eigenvalue weighted by Crippen LogP contribution is 2.65. The monoisotopic (exact) mass is 1090 g/mol. The minimum absolute atomic E-state index is 0.00268. The molecule has 78 heavy (non-hydrogen) atoms. The van der Waals surface area contributed by atoms with Crippen LogP contribution in [0.2, 0.25) is 5.82 Å². The number of nitrogens with one attached hydrogen (secondary N) is 4. The van der Waals surface area contributed by atoms with E-state index in [0.717, 1.165) is 4.90 Å². The molecule has 0 aromatic heterocycles. The molecule has 3 bridgehead atoms. The number of phenolic OH excluding ortho intramolecular Hbond substituents is 1. The van der Waals surface area contributed by atoms with Crippen LogP contribution in [-0.2, 0) is 79.7 Å². The molecule has 2 radical (unpaired) electrons. The average molecular weight is 1090 g/mol. The molecule has 5 heterocycles. The number of benzene rings is 3. The van der Waals surface area contributed by atoms with Gasteiger partial charge in [0.15, 0.2) is 11.5 Å². The number of hydroxylamine groups is 1. The summed E-state index contributed by atoms with van der Waals surface area (Å²) in [5.41, 5.74) is 1.66. The molecular formula is C52H63BN6O19. The Balaban J connectivity index is 0.661. The van der Waals surface area contributed by atoms with E-state index in [9.17, 15) is 38.7 Å². The molecular weight excluding hydrogens is 1020 g/mol. The van der Waals surface area contributed by atoms with Gasteiger partial charge in [0, 0.05) is 48.8 Å². The summed E-state index contributed by atoms with van der Waals surface area (Å²) < 4.78 is 58.9. The second-order valence-corrected chi connectivity index (χ2v) is 19.5. The van der Waals surface area contributed by atoms with Crippen LogP contribution < -0.4 is 35.8 Å². The highest BCUT2D eigenvalue weighted by molar-refractivity contribution is 6.29. The van der Waals surface area contributed by atoms with E-state index in [2.05, 4.69) is 21.3 Å². The first kappa shape index (κ1) is 56.1. The Morgan fingerprint density at radius 1 is 0.923 bits per heavy atom. The largest absolute Gasteiger partial charge is 0.506 e. The number of hydrogen-bond acceptors (Lipinski definition) is 20. The number of aryl methyl sites for hydroxylation is 1. The van der Waals surface area contributed by atoms with Crippen LogP contribution in [0.3, 0.4) is 0 Å². The number of likely N-dealkylation sites (tertiary alicyclic amines) is 1. The highest BCUT2D eigenvalue weighted by Gasteiger charge is 2.88. The highest BCUT2D eigenvalue weighted by atomic mass is 16.9. The van der Waals surface area contributed by atoms with E-state index in [1.54, 1.807) is 29.3 Å². The summed E-state index contributed by atoms with van der Waals surface area (Å²) in [6, 6.07) is 7.44. The predicted molar refractivity (Wildman–Crippen MR) is 272 cm³/mol. The SMILES string of the molecule is [B]C1CC(=O)N(CCOCCOCCOCCOCCC(=O)NC(C)C(=O)NCC(=O)Nc2ccc(COC(=O)NCC34OC5CN(O3)c3c(C)cc6c(OC)c7c(c(O)c6c3OC5(OC)C43CO3)C(=O)CCC7)cc2)C1=O. The van der Waals surface area contributed by atoms with E-state index in [4.69, 9.17) is 60.1 Å². The zero-order valence-electron chi connectivity index (χ0n) is 43.8. The summed E-state index contributed by atoms with van der Waals surface area (Å²) in [6.07, 6.45) is -0.114. The smallest absolute Gasteiger partial charge is 0.407 e. The van der Waals surface area contributed by atoms with Crippen LogP contribution in [0.25, 0.3) is 10.8 Å². The van der Waals surface area contributed by atoms with Gasteiger partial charge in [-0.15, -0.1) is 0 Å². The van der Waals surface area contributed by atoms with Gasteiger partial charge in [0.1, 0.15) is 35.9 Å². The number of methoxy groups -OCH3 is 2. The maximum atomic E-state index is 13.3. The van der Waals surface area contributed by atoms with Gasteiger partial charge in [-0.2, -0.15) is 0 Å². The number of ether oxygens (including phenoxy) is 10. The Labute approximate surface area is 449 Å². The molecule has 6 aliphatic rings. The van der Waals surface area contributed by atoms with Gasteiger partial charge in [-0.05, 0) is 56.0 Å². The molecule has 6 amide bonds. The standard InChI is InChI=1S/C52H63BN6O19/c1-29-22-34-42(44(64)41-33(45(34)68-3)6-5-7-36(41)60)46-43(29)59-25-37-52(69-4,77-46)50(28-75-50)51(76-37,78-59)27-55-49(67)74-26-31-8-10-32(11-9-31)57-39(62)24-54-47(65)30(2)56-38(61)12-14-70-16-18-72-20-21-73-19-17-71-15-13-58-40(63)23-35(53)48(58)66/h8-11,22,30,35,37,64H,5-7,12-21,23-28H2,1-4H3,(H,54,65)(H,55,67)(H,56,61)(H,57,62). The van der Waals surface area contributed by atoms with Crippen molar-refractivity contribution < 1.29 is 90.9 Å². The second-order valence-electron chi connectivity index (χ2n) is 19.5. The van der Waals surface area contributed by atoms with Gasteiger partial charge < -0.3 is 73.7 Å². The fraction of sp³-hybridized carbons (Fsp3) is 0.558. The Bertz CT molecular complexity index is 2820. The van der Waals surface area contributed by atoms with Crippen molar-refractivity contribution in [3.63, 3.8) is 0 Å². The van der Waals surface area contributed by atoms with Crippen molar-refractivity contribution in [2.75, 3.05) is 110 Å². The van der Waals surface area contributed by atoms with E-state index in [1.807, 2.05) is 13.0 Å². The minimum atomic E-state index is -1.64. The molecule has 26 heteroatoms. The van der Waals surface area contributed by atoms with Crippen LogP contribution in [0.1, 0.15) is 59.7 Å². The number of fused-ring (bicyclic) bond motifs is 9. The molecule has 9 rings (SSSR count). The first-order chi connectivity index (χ1) is 37.6. The quantitative estimate of drug-likeness (QED) is 0.0328. The Kier molecular flexibility index (Phi) is 17.1. The number of anilines is 2. The van der Waals surface area contributed by atoms with Crippen LogP contribution in [0.4, 0.5) is 16.2 Å². The molecule has 5 aliphatic heterocycles. The van der Waals surface area contributed by atoms with Gasteiger partial charge in [0.25, 0.3) is 11.6 Å². The topological polar surface area (TPSA) is 299 Å². The van der Waals surface area contributed by atoms with Crippen LogP contribution >= 0.6 is 0 Å². The second kappa shape index (κ2) is 23.8. The number of aromatic hydroxyl groups is 1. The van der Waals surface area contributed by atoms with Crippen molar-refractivity contribution >= 4 is 71.4 Å². The van der Waals surface area contributed by atoms with Gasteiger partial charge in [0.05, 0.1) is 112 Å². The summed E-state index contributed by atoms with van der Waals surface area (Å²) in [5, 5.41) is 24.8. The zero-order chi connectivity index (χ0) is 55.4. The van der Waals surface area contributed by atoms with Crippen molar-refractivity contribution in [2.45, 2.75) is 87.7 Å². The molecule has 0 saturated carbocycles. The summed E-state index contributed by atoms with van der Waals surface area (Å²) in [5.74, 6) is -5.97. The number of ketones is 1. The van der Waals surface area contributed by atoms with Gasteiger partial charge in [-0.3, -0.25) is 33.7 Å². The number of imide groups is 1. The number of hydrogen-bond donors (Lipinski definition) is 5. The van der Waals surface area contributed by atoms with Crippen LogP contribution in [-0.4, -0.2) is 188 Å². The Hall–Kier alpha value is -6.65. The van der Waals surface area contributed by atoms with E-state index >= 15 is 0 Å². The van der Waals surface area contributed by atoms with E-state index < -0.39 is 59.0 Å². The first-order valence-corrected chi connectivity index (χ1v) is 25.8. The number of nitrogens with zero attached hydrogens (tertiary/aromatic N) is 2. The lowest BCUT2D eigenvalue weighted by atomic mass is 9.85. The van der Waals surface area contributed by atoms with Gasteiger partial charge in [-0.1, -0.05) is 12.1 Å². The van der Waals surface area contributed by atoms with Gasteiger partial charge in [0.2, 0.25) is 35.1 Å². The van der Waals surface area contributed by atoms with Crippen LogP contribution in [0.15, 0.2) is 30.3 Å². The number of rotatable bonds is 26. The number of carbonyl (C=O) groups excluding carboxylic acids is 7. The number of carbonyl (C=O) groups is 7. The lowest BCUT2D eigenvalue weighted by molar-refractivity contribution is -0.276. The third-order valence-electron chi connectivity index (χ3n) is 14.4. The third kappa shape index (κ3) is 11.0. The summed E-state index contributed by atoms with van der Waals surface area (Å²) in [6.45, 7) is 4.97. The number of epoxide rings is 1. The minimum Gasteiger partial charge on any atom is -0.506 e. The lowest BCUT2D eigenvalue weighted by Gasteiger charge is -2.42. The molecule has 25 nitrogen and oxygen atoms in total. The van der Waals surface area contributed by atoms with Crippen molar-refractivity contribution in [1.29, 1.82) is 0 Å².